The monoisotopic (exact) mass is 663 g/mol. The Labute approximate surface area is 284 Å². The van der Waals surface area contributed by atoms with Crippen LogP contribution in [0.5, 0.6) is 11.5 Å². The summed E-state index contributed by atoms with van der Waals surface area (Å²) in [4.78, 5) is 30.1. The van der Waals surface area contributed by atoms with Gasteiger partial charge in [-0.3, -0.25) is 9.36 Å². The van der Waals surface area contributed by atoms with Gasteiger partial charge in [0.25, 0.3) is 5.91 Å². The molecule has 0 spiro atoms. The van der Waals surface area contributed by atoms with Crippen molar-refractivity contribution in [3.63, 3.8) is 0 Å². The van der Waals surface area contributed by atoms with Crippen molar-refractivity contribution in [2.24, 2.45) is 5.92 Å². The van der Waals surface area contributed by atoms with Crippen LogP contribution < -0.4 is 20.5 Å². The molecular weight excluding hydrogens is 627 g/mol. The highest BCUT2D eigenvalue weighted by Crippen LogP contribution is 2.50. The number of ether oxygens (including phenoxy) is 3. The number of thiol groups is 1. The molecule has 0 radical (unpaired) electrons. The van der Waals surface area contributed by atoms with Crippen molar-refractivity contribution in [3.8, 4) is 11.5 Å². The maximum atomic E-state index is 13.4. The first kappa shape index (κ1) is 33.0. The molecule has 1 unspecified atom stereocenters. The van der Waals surface area contributed by atoms with Gasteiger partial charge in [0.15, 0.2) is 0 Å². The van der Waals surface area contributed by atoms with Crippen molar-refractivity contribution in [1.29, 1.82) is 0 Å². The number of anilines is 1. The Balaban J connectivity index is 1.39. The summed E-state index contributed by atoms with van der Waals surface area (Å²) in [7, 11) is 3.24. The van der Waals surface area contributed by atoms with E-state index < -0.39 is 40.7 Å². The van der Waals surface area contributed by atoms with Gasteiger partial charge in [-0.1, -0.05) is 79.7 Å². The molecule has 1 aliphatic rings. The predicted octanol–water partition coefficient (Wildman–Crippen LogP) is 5.74. The lowest BCUT2D eigenvalue weighted by Crippen LogP contribution is -2.49. The van der Waals surface area contributed by atoms with Crippen LogP contribution in [-0.4, -0.2) is 52.2 Å². The molecule has 0 aliphatic carbocycles. The van der Waals surface area contributed by atoms with E-state index in [1.54, 1.807) is 44.6 Å². The van der Waals surface area contributed by atoms with Crippen molar-refractivity contribution >= 4 is 24.4 Å². The number of aliphatic hydroxyl groups excluding tert-OH is 1. The van der Waals surface area contributed by atoms with E-state index in [4.69, 9.17) is 26.8 Å². The second-order valence-corrected chi connectivity index (χ2v) is 12.3. The van der Waals surface area contributed by atoms with Gasteiger partial charge in [0.2, 0.25) is 0 Å². The molecule has 1 fully saturated rings. The smallest absolute Gasteiger partial charge is 0.351 e. The average molecular weight is 664 g/mol. The fourth-order valence-corrected chi connectivity index (χ4v) is 7.23. The summed E-state index contributed by atoms with van der Waals surface area (Å²) in [5.74, 6) is 0.629. The van der Waals surface area contributed by atoms with Crippen LogP contribution in [0, 0.1) is 5.92 Å². The topological polar surface area (TPSA) is 112 Å². The normalized spacial score (nSPS) is 19.8. The van der Waals surface area contributed by atoms with Gasteiger partial charge < -0.3 is 24.6 Å². The Kier molecular flexibility index (Phi) is 9.68. The first-order valence-corrected chi connectivity index (χ1v) is 16.1. The number of hydrogen-bond donors (Lipinski definition) is 3. The Morgan fingerprint density at radius 1 is 0.854 bits per heavy atom. The van der Waals surface area contributed by atoms with Crippen molar-refractivity contribution < 1.29 is 24.1 Å². The molecule has 4 aromatic carbocycles. The Bertz CT molecular complexity index is 1850. The summed E-state index contributed by atoms with van der Waals surface area (Å²) < 4.78 is 18.9. The largest absolute Gasteiger partial charge is 0.497 e. The maximum absolute atomic E-state index is 13.4. The molecule has 246 valence electrons. The zero-order valence-electron chi connectivity index (χ0n) is 26.8. The summed E-state index contributed by atoms with van der Waals surface area (Å²) in [6.45, 7) is 1.83. The Hall–Kier alpha value is -4.90. The number of amides is 1. The summed E-state index contributed by atoms with van der Waals surface area (Å²) in [5, 5.41) is 13.8. The van der Waals surface area contributed by atoms with Gasteiger partial charge in [0.1, 0.15) is 23.5 Å². The first-order chi connectivity index (χ1) is 23.3. The molecule has 6 rings (SSSR count). The van der Waals surface area contributed by atoms with E-state index in [2.05, 4.69) is 10.3 Å². The number of carbonyl (C=O) groups excluding carboxylic acids is 1. The van der Waals surface area contributed by atoms with Crippen LogP contribution in [0.25, 0.3) is 0 Å². The molecule has 1 amide bonds. The minimum atomic E-state index is -0.999. The van der Waals surface area contributed by atoms with E-state index in [9.17, 15) is 14.7 Å². The molecule has 0 bridgehead atoms. The summed E-state index contributed by atoms with van der Waals surface area (Å²) in [6.07, 6.45) is -1.15. The van der Waals surface area contributed by atoms with Gasteiger partial charge in [-0.05, 0) is 59.2 Å². The zero-order chi connectivity index (χ0) is 33.8. The molecule has 1 aliphatic heterocycles. The van der Waals surface area contributed by atoms with Crippen molar-refractivity contribution in [2.45, 2.75) is 36.0 Å². The molecule has 2 heterocycles. The van der Waals surface area contributed by atoms with E-state index in [-0.39, 0.29) is 11.7 Å². The fraction of sp³-hybridized carbons (Fsp3) is 0.237. The lowest BCUT2D eigenvalue weighted by atomic mass is 9.65. The molecule has 48 heavy (non-hydrogen) atoms. The lowest BCUT2D eigenvalue weighted by Gasteiger charge is -2.43. The number of aromatic nitrogens is 2. The average Bonchev–Trinajstić information content (AvgIpc) is 3.42. The van der Waals surface area contributed by atoms with Crippen LogP contribution in [0.3, 0.4) is 0 Å². The highest BCUT2D eigenvalue weighted by atomic mass is 32.1. The van der Waals surface area contributed by atoms with Gasteiger partial charge in [-0.25, -0.2) is 4.79 Å². The van der Waals surface area contributed by atoms with Gasteiger partial charge in [-0.15, -0.1) is 0 Å². The molecule has 5 atom stereocenters. The van der Waals surface area contributed by atoms with Gasteiger partial charge in [0, 0.05) is 22.9 Å². The lowest BCUT2D eigenvalue weighted by molar-refractivity contribution is -0.0289. The fourth-order valence-electron chi connectivity index (χ4n) is 6.53. The predicted molar refractivity (Wildman–Crippen MR) is 187 cm³/mol. The van der Waals surface area contributed by atoms with Crippen LogP contribution in [0.15, 0.2) is 126 Å². The molecular formula is C38H37N3O6S. The summed E-state index contributed by atoms with van der Waals surface area (Å²) in [5.41, 5.74) is 1.63. The number of hydrogen-bond acceptors (Lipinski definition) is 8. The molecule has 1 aromatic heterocycles. The van der Waals surface area contributed by atoms with E-state index in [1.165, 1.54) is 10.8 Å². The van der Waals surface area contributed by atoms with Crippen molar-refractivity contribution in [2.75, 3.05) is 19.5 Å². The molecule has 5 aromatic rings. The van der Waals surface area contributed by atoms with E-state index in [1.807, 2.05) is 91.9 Å². The number of methoxy groups -OCH3 is 2. The minimum Gasteiger partial charge on any atom is -0.497 e. The first-order valence-electron chi connectivity index (χ1n) is 15.6. The van der Waals surface area contributed by atoms with Crippen LogP contribution in [0.1, 0.15) is 40.2 Å². The Morgan fingerprint density at radius 3 is 1.90 bits per heavy atom. The van der Waals surface area contributed by atoms with Gasteiger partial charge in [-0.2, -0.15) is 17.6 Å². The number of nitrogens with one attached hydrogen (secondary N) is 1. The third-order valence-corrected chi connectivity index (χ3v) is 9.76. The molecule has 2 N–H and O–H groups in total. The summed E-state index contributed by atoms with van der Waals surface area (Å²) >= 11 is 5.31. The highest BCUT2D eigenvalue weighted by Gasteiger charge is 2.53. The molecule has 10 heteroatoms. The summed E-state index contributed by atoms with van der Waals surface area (Å²) in [6, 6.07) is 35.8. The third kappa shape index (κ3) is 6.10. The third-order valence-electron chi connectivity index (χ3n) is 9.08. The van der Waals surface area contributed by atoms with Crippen LogP contribution in [-0.2, 0) is 10.2 Å². The highest BCUT2D eigenvalue weighted by molar-refractivity contribution is 7.81. The minimum absolute atomic E-state index is 0.113. The van der Waals surface area contributed by atoms with Crippen LogP contribution >= 0.6 is 12.6 Å². The zero-order valence-corrected chi connectivity index (χ0v) is 27.7. The number of nitrogens with zero attached hydrogens (tertiary/aromatic N) is 2. The number of aliphatic hydroxyl groups is 1. The molecule has 0 saturated carbocycles. The van der Waals surface area contributed by atoms with Crippen molar-refractivity contribution in [3.05, 3.63) is 154 Å². The number of benzene rings is 4. The molecule has 9 nitrogen and oxygen atoms in total. The second-order valence-electron chi connectivity index (χ2n) is 11.7. The quantitative estimate of drug-likeness (QED) is 0.129. The number of rotatable bonds is 10. The van der Waals surface area contributed by atoms with Crippen LogP contribution in [0.4, 0.5) is 5.82 Å². The van der Waals surface area contributed by atoms with E-state index in [0.717, 1.165) is 16.7 Å². The van der Waals surface area contributed by atoms with E-state index in [0.29, 0.717) is 17.1 Å². The standard InChI is InChI=1S/C38H37N3O6S/c1-24-32(42)33(47-36(24)41-23-22-31(40-37(41)44)39-35(43)25-10-6-4-7-11-25)34(48)38(26-12-8-5-9-13-26,27-14-18-29(45-2)19-15-27)28-16-20-30(46-3)21-17-28/h4-24,32-34,36,42,48H,1-3H3,(H,39,40,43,44)/t24-,32+,33+,34?,36-/m1/s1. The number of carbonyl (C=O) groups is 1. The van der Waals surface area contributed by atoms with Crippen LogP contribution in [0.2, 0.25) is 0 Å². The van der Waals surface area contributed by atoms with Gasteiger partial charge >= 0.3 is 5.69 Å². The maximum Gasteiger partial charge on any atom is 0.351 e. The molecule has 1 saturated heterocycles. The second kappa shape index (κ2) is 14.1. The van der Waals surface area contributed by atoms with Crippen molar-refractivity contribution in [1.82, 2.24) is 9.55 Å². The Morgan fingerprint density at radius 2 is 1.38 bits per heavy atom. The van der Waals surface area contributed by atoms with Gasteiger partial charge in [0.05, 0.1) is 31.8 Å². The SMILES string of the molecule is COc1ccc(C(c2ccccc2)(c2ccc(OC)cc2)C(S)[C@H]2O[C@@H](n3ccc(NC(=O)c4ccccc4)nc3=O)[C@H](C)[C@@H]2O)cc1. The van der Waals surface area contributed by atoms with E-state index >= 15 is 0 Å².